The molecule has 27 heavy (non-hydrogen) atoms. The molecule has 0 aliphatic carbocycles. The second-order valence-electron chi connectivity index (χ2n) is 8.39. The summed E-state index contributed by atoms with van der Waals surface area (Å²) in [4.78, 5) is 18.9. The van der Waals surface area contributed by atoms with Crippen molar-refractivity contribution >= 4 is 17.6 Å². The number of nitrogens with zero attached hydrogens (tertiary/aromatic N) is 3. The molecule has 148 valence electrons. The third-order valence-electron chi connectivity index (χ3n) is 5.24. The van der Waals surface area contributed by atoms with E-state index < -0.39 is 5.60 Å². The van der Waals surface area contributed by atoms with Crippen molar-refractivity contribution in [2.45, 2.75) is 65.4 Å². The maximum Gasteiger partial charge on any atom is 0.410 e. The van der Waals surface area contributed by atoms with Gasteiger partial charge < -0.3 is 15.0 Å². The lowest BCUT2D eigenvalue weighted by Crippen LogP contribution is -2.41. The number of carbonyl (C=O) groups excluding carboxylic acids is 1. The molecule has 0 aromatic carbocycles. The molecule has 1 saturated heterocycles. The molecule has 0 unspecified atom stereocenters. The minimum Gasteiger partial charge on any atom is -0.444 e. The van der Waals surface area contributed by atoms with Crippen molar-refractivity contribution in [1.82, 2.24) is 14.3 Å². The van der Waals surface area contributed by atoms with Gasteiger partial charge in [-0.05, 0) is 70.1 Å². The number of hydrogen-bond acceptors (Lipinski definition) is 4. The second-order valence-corrected chi connectivity index (χ2v) is 8.39. The van der Waals surface area contributed by atoms with E-state index in [1.807, 2.05) is 32.7 Å². The summed E-state index contributed by atoms with van der Waals surface area (Å²) in [7, 11) is 1.95. The van der Waals surface area contributed by atoms with E-state index in [-0.39, 0.29) is 6.09 Å². The fraction of sp³-hybridized carbons (Fsp3) is 0.619. The number of aromatic nitrogens is 2. The molecule has 2 aromatic heterocycles. The van der Waals surface area contributed by atoms with Crippen LogP contribution in [0.5, 0.6) is 0 Å². The first-order valence-corrected chi connectivity index (χ1v) is 9.90. The largest absolute Gasteiger partial charge is 0.444 e. The van der Waals surface area contributed by atoms with Crippen LogP contribution in [0.1, 0.15) is 63.3 Å². The number of aryl methyl sites for hydroxylation is 2. The Morgan fingerprint density at radius 1 is 1.33 bits per heavy atom. The van der Waals surface area contributed by atoms with Gasteiger partial charge in [-0.3, -0.25) is 4.40 Å². The smallest absolute Gasteiger partial charge is 0.410 e. The molecule has 1 fully saturated rings. The molecule has 1 amide bonds. The highest BCUT2D eigenvalue weighted by Gasteiger charge is 2.28. The van der Waals surface area contributed by atoms with Gasteiger partial charge in [-0.2, -0.15) is 0 Å². The molecule has 6 heteroatoms. The maximum atomic E-state index is 12.3. The molecule has 2 aromatic rings. The summed E-state index contributed by atoms with van der Waals surface area (Å²) in [6.07, 6.45) is 4.84. The monoisotopic (exact) mass is 372 g/mol. The summed E-state index contributed by atoms with van der Waals surface area (Å²) in [5.74, 6) is 1.52. The summed E-state index contributed by atoms with van der Waals surface area (Å²) < 4.78 is 7.68. The van der Waals surface area contributed by atoms with Crippen molar-refractivity contribution in [3.8, 4) is 0 Å². The molecule has 0 atom stereocenters. The molecule has 0 spiro atoms. The van der Waals surface area contributed by atoms with Crippen LogP contribution in [0.25, 0.3) is 5.65 Å². The Morgan fingerprint density at radius 3 is 2.56 bits per heavy atom. The van der Waals surface area contributed by atoms with Crippen LogP contribution in [-0.4, -0.2) is 46.1 Å². The maximum absolute atomic E-state index is 12.3. The fourth-order valence-electron chi connectivity index (χ4n) is 3.89. The number of likely N-dealkylation sites (tertiary alicyclic amines) is 1. The molecular weight excluding hydrogens is 340 g/mol. The van der Waals surface area contributed by atoms with Crippen molar-refractivity contribution < 1.29 is 9.53 Å². The number of anilines is 1. The number of amides is 1. The Kier molecular flexibility index (Phi) is 5.36. The molecule has 0 radical (unpaired) electrons. The average Bonchev–Trinajstić information content (AvgIpc) is 2.96. The van der Waals surface area contributed by atoms with Crippen LogP contribution in [0.3, 0.4) is 0 Å². The van der Waals surface area contributed by atoms with Crippen LogP contribution < -0.4 is 5.32 Å². The average molecular weight is 373 g/mol. The van der Waals surface area contributed by atoms with Crippen LogP contribution in [-0.2, 0) is 11.2 Å². The van der Waals surface area contributed by atoms with Gasteiger partial charge in [-0.15, -0.1) is 0 Å². The quantitative estimate of drug-likeness (QED) is 0.870. The molecule has 3 heterocycles. The zero-order chi connectivity index (χ0) is 19.8. The highest BCUT2D eigenvalue weighted by atomic mass is 16.6. The van der Waals surface area contributed by atoms with Crippen LogP contribution in [0.15, 0.2) is 12.3 Å². The predicted octanol–water partition coefficient (Wildman–Crippen LogP) is 4.36. The lowest BCUT2D eigenvalue weighted by atomic mass is 9.88. The molecule has 0 saturated carbocycles. The summed E-state index contributed by atoms with van der Waals surface area (Å²) in [6, 6.07) is 2.18. The second kappa shape index (κ2) is 7.41. The fourth-order valence-corrected chi connectivity index (χ4v) is 3.89. The zero-order valence-electron chi connectivity index (χ0n) is 17.4. The topological polar surface area (TPSA) is 58.9 Å². The van der Waals surface area contributed by atoms with Gasteiger partial charge in [0.15, 0.2) is 0 Å². The Bertz CT molecular complexity index is 827. The minimum absolute atomic E-state index is 0.201. The van der Waals surface area contributed by atoms with Crippen molar-refractivity contribution in [1.29, 1.82) is 0 Å². The van der Waals surface area contributed by atoms with E-state index in [0.29, 0.717) is 5.92 Å². The Morgan fingerprint density at radius 2 is 2.00 bits per heavy atom. The molecule has 3 rings (SSSR count). The van der Waals surface area contributed by atoms with Gasteiger partial charge in [0.2, 0.25) is 0 Å². The lowest BCUT2D eigenvalue weighted by Gasteiger charge is -2.34. The first-order valence-electron chi connectivity index (χ1n) is 9.90. The highest BCUT2D eigenvalue weighted by molar-refractivity contribution is 5.68. The first-order chi connectivity index (χ1) is 12.7. The third-order valence-corrected chi connectivity index (χ3v) is 5.24. The van der Waals surface area contributed by atoms with Crippen molar-refractivity contribution in [3.63, 3.8) is 0 Å². The number of hydrogen-bond donors (Lipinski definition) is 1. The van der Waals surface area contributed by atoms with E-state index in [0.717, 1.165) is 49.5 Å². The summed E-state index contributed by atoms with van der Waals surface area (Å²) >= 11 is 0. The van der Waals surface area contributed by atoms with E-state index in [1.165, 1.54) is 11.1 Å². The van der Waals surface area contributed by atoms with Crippen molar-refractivity contribution in [3.05, 3.63) is 29.1 Å². The number of piperidine rings is 1. The molecule has 1 N–H and O–H groups in total. The predicted molar refractivity (Wildman–Crippen MR) is 109 cm³/mol. The number of carbonyl (C=O) groups is 1. The zero-order valence-corrected chi connectivity index (χ0v) is 17.4. The summed E-state index contributed by atoms with van der Waals surface area (Å²) in [6.45, 7) is 11.5. The molecule has 0 bridgehead atoms. The van der Waals surface area contributed by atoms with Crippen molar-refractivity contribution in [2.75, 3.05) is 25.5 Å². The molecule has 6 nitrogen and oxygen atoms in total. The van der Waals surface area contributed by atoms with Crippen LogP contribution >= 0.6 is 0 Å². The van der Waals surface area contributed by atoms with E-state index in [1.54, 1.807) is 0 Å². The van der Waals surface area contributed by atoms with Gasteiger partial charge in [0.25, 0.3) is 0 Å². The SMILES string of the molecule is CCc1nc2cc(C)c(C3CCN(C(=O)OC(C)(C)C)CC3)cn2c1NC. The molecular formula is C21H32N4O2. The number of nitrogens with one attached hydrogen (secondary N) is 1. The first kappa shape index (κ1) is 19.5. The number of imidazole rings is 1. The van der Waals surface area contributed by atoms with E-state index in [4.69, 9.17) is 9.72 Å². The Hall–Kier alpha value is -2.24. The summed E-state index contributed by atoms with van der Waals surface area (Å²) in [5.41, 5.74) is 4.26. The van der Waals surface area contributed by atoms with E-state index >= 15 is 0 Å². The van der Waals surface area contributed by atoms with Crippen LogP contribution in [0, 0.1) is 6.92 Å². The number of pyridine rings is 1. The van der Waals surface area contributed by atoms with Crippen molar-refractivity contribution in [2.24, 2.45) is 0 Å². The van der Waals surface area contributed by atoms with Gasteiger partial charge in [-0.25, -0.2) is 9.78 Å². The summed E-state index contributed by atoms with van der Waals surface area (Å²) in [5, 5.41) is 3.29. The number of fused-ring (bicyclic) bond motifs is 1. The van der Waals surface area contributed by atoms with Gasteiger partial charge in [-0.1, -0.05) is 6.92 Å². The minimum atomic E-state index is -0.447. The third kappa shape index (κ3) is 4.04. The normalized spacial score (nSPS) is 16.0. The van der Waals surface area contributed by atoms with E-state index in [2.05, 4.69) is 35.8 Å². The highest BCUT2D eigenvalue weighted by Crippen LogP contribution is 2.32. The standard InChI is InChI=1S/C21H32N4O2/c1-7-17-19(22-6)25-13-16(14(2)12-18(25)23-17)15-8-10-24(11-9-15)20(26)27-21(3,4)5/h12-13,15,22H,7-11H2,1-6H3. The molecule has 1 aliphatic heterocycles. The Balaban J connectivity index is 1.79. The van der Waals surface area contributed by atoms with Gasteiger partial charge in [0, 0.05) is 26.3 Å². The van der Waals surface area contributed by atoms with Crippen LogP contribution in [0.4, 0.5) is 10.6 Å². The van der Waals surface area contributed by atoms with Crippen LogP contribution in [0.2, 0.25) is 0 Å². The molecule has 1 aliphatic rings. The Labute approximate surface area is 161 Å². The van der Waals surface area contributed by atoms with Gasteiger partial charge in [0.1, 0.15) is 17.1 Å². The van der Waals surface area contributed by atoms with Gasteiger partial charge in [0.05, 0.1) is 5.69 Å². The van der Waals surface area contributed by atoms with Gasteiger partial charge >= 0.3 is 6.09 Å². The number of ether oxygens (including phenoxy) is 1. The van der Waals surface area contributed by atoms with E-state index in [9.17, 15) is 4.79 Å². The number of rotatable bonds is 3. The lowest BCUT2D eigenvalue weighted by molar-refractivity contribution is 0.0204.